The molecule has 4 nitrogen and oxygen atoms in total. The molecule has 0 radical (unpaired) electrons. The van der Waals surface area contributed by atoms with Gasteiger partial charge in [0.2, 0.25) is 0 Å². The molecular formula is C11H22N2O2S. The van der Waals surface area contributed by atoms with Crippen LogP contribution in [-0.4, -0.2) is 41.3 Å². The number of thioether (sulfide) groups is 1. The van der Waals surface area contributed by atoms with E-state index in [1.54, 1.807) is 0 Å². The van der Waals surface area contributed by atoms with Crippen molar-refractivity contribution in [2.45, 2.75) is 50.7 Å². The average Bonchev–Trinajstić information content (AvgIpc) is 2.20. The Morgan fingerprint density at radius 2 is 1.94 bits per heavy atom. The van der Waals surface area contributed by atoms with Gasteiger partial charge in [-0.15, -0.1) is 0 Å². The summed E-state index contributed by atoms with van der Waals surface area (Å²) in [4.78, 5) is 10.5. The van der Waals surface area contributed by atoms with E-state index in [4.69, 9.17) is 5.11 Å². The minimum absolute atomic E-state index is 0.159. The lowest BCUT2D eigenvalue weighted by molar-refractivity contribution is 0.183. The third kappa shape index (κ3) is 5.07. The van der Waals surface area contributed by atoms with Gasteiger partial charge in [-0.2, -0.15) is 11.8 Å². The second-order valence-corrected chi connectivity index (χ2v) is 5.43. The summed E-state index contributed by atoms with van der Waals surface area (Å²) in [7, 11) is 0. The molecule has 0 aromatic carbocycles. The molecule has 0 aromatic rings. The molecule has 1 aliphatic carbocycles. The molecule has 0 aromatic heterocycles. The summed E-state index contributed by atoms with van der Waals surface area (Å²) in [6.07, 6.45) is 5.28. The summed E-state index contributed by atoms with van der Waals surface area (Å²) < 4.78 is 0. The molecule has 0 aliphatic heterocycles. The predicted octanol–water partition coefficient (Wildman–Crippen LogP) is 1.91. The van der Waals surface area contributed by atoms with Gasteiger partial charge in [0.15, 0.2) is 0 Å². The Morgan fingerprint density at radius 1 is 1.38 bits per heavy atom. The largest absolute Gasteiger partial charge is 0.465 e. The van der Waals surface area contributed by atoms with Crippen LogP contribution in [0.25, 0.3) is 0 Å². The first-order chi connectivity index (χ1) is 7.61. The zero-order valence-corrected chi connectivity index (χ0v) is 10.8. The van der Waals surface area contributed by atoms with Crippen LogP contribution in [-0.2, 0) is 0 Å². The highest BCUT2D eigenvalue weighted by Crippen LogP contribution is 2.19. The average molecular weight is 246 g/mol. The van der Waals surface area contributed by atoms with Crippen LogP contribution in [0.3, 0.4) is 0 Å². The van der Waals surface area contributed by atoms with Crippen LogP contribution in [0, 0.1) is 0 Å². The van der Waals surface area contributed by atoms with Crippen molar-refractivity contribution >= 4 is 17.9 Å². The third-order valence-electron chi connectivity index (χ3n) is 2.99. The maximum absolute atomic E-state index is 10.5. The number of carbonyl (C=O) groups is 1. The number of rotatable bonds is 5. The van der Waals surface area contributed by atoms with Crippen molar-refractivity contribution in [2.75, 3.05) is 12.0 Å². The van der Waals surface area contributed by atoms with Crippen molar-refractivity contribution in [1.82, 2.24) is 10.6 Å². The second kappa shape index (κ2) is 7.01. The molecule has 1 atom stereocenters. The first-order valence-electron chi connectivity index (χ1n) is 5.86. The molecule has 16 heavy (non-hydrogen) atoms. The van der Waals surface area contributed by atoms with E-state index in [2.05, 4.69) is 23.8 Å². The van der Waals surface area contributed by atoms with Crippen molar-refractivity contribution in [2.24, 2.45) is 0 Å². The highest BCUT2D eigenvalue weighted by molar-refractivity contribution is 7.98. The molecule has 0 heterocycles. The molecule has 0 saturated heterocycles. The zero-order chi connectivity index (χ0) is 12.0. The maximum atomic E-state index is 10.5. The summed E-state index contributed by atoms with van der Waals surface area (Å²) in [6, 6.07) is 1.27. The van der Waals surface area contributed by atoms with E-state index in [0.717, 1.165) is 31.4 Å². The fourth-order valence-electron chi connectivity index (χ4n) is 2.28. The van der Waals surface area contributed by atoms with E-state index in [1.807, 2.05) is 11.8 Å². The van der Waals surface area contributed by atoms with Crippen molar-refractivity contribution in [3.63, 3.8) is 0 Å². The first kappa shape index (κ1) is 13.6. The van der Waals surface area contributed by atoms with E-state index < -0.39 is 6.09 Å². The monoisotopic (exact) mass is 246 g/mol. The summed E-state index contributed by atoms with van der Waals surface area (Å²) in [6.45, 7) is 2.21. The normalized spacial score (nSPS) is 27.4. The fourth-order valence-corrected chi connectivity index (χ4v) is 2.88. The van der Waals surface area contributed by atoms with Crippen LogP contribution in [0.1, 0.15) is 32.6 Å². The van der Waals surface area contributed by atoms with E-state index in [9.17, 15) is 4.79 Å². The summed E-state index contributed by atoms with van der Waals surface area (Å²) >= 11 is 1.85. The molecule has 1 saturated carbocycles. The van der Waals surface area contributed by atoms with Crippen LogP contribution in [0.2, 0.25) is 0 Å². The molecule has 5 heteroatoms. The Bertz CT molecular complexity index is 218. The molecule has 0 spiro atoms. The van der Waals surface area contributed by atoms with Crippen LogP contribution in [0.15, 0.2) is 0 Å². The van der Waals surface area contributed by atoms with Gasteiger partial charge >= 0.3 is 6.09 Å². The molecule has 94 valence electrons. The van der Waals surface area contributed by atoms with Crippen LogP contribution in [0.4, 0.5) is 4.79 Å². The van der Waals surface area contributed by atoms with Crippen LogP contribution in [0.5, 0.6) is 0 Å². The highest BCUT2D eigenvalue weighted by atomic mass is 32.2. The second-order valence-electron chi connectivity index (χ2n) is 4.52. The zero-order valence-electron chi connectivity index (χ0n) is 10.0. The summed E-state index contributed by atoms with van der Waals surface area (Å²) in [5, 5.41) is 14.8. The number of carboxylic acid groups (broad SMARTS) is 1. The summed E-state index contributed by atoms with van der Waals surface area (Å²) in [5.74, 6) is 1.13. The molecule has 1 amide bonds. The SMILES string of the molecule is CSC[C@@H](C)NC1CCC(NC(=O)O)CC1. The van der Waals surface area contributed by atoms with Gasteiger partial charge in [-0.05, 0) is 38.9 Å². The smallest absolute Gasteiger partial charge is 0.404 e. The van der Waals surface area contributed by atoms with E-state index in [-0.39, 0.29) is 6.04 Å². The van der Waals surface area contributed by atoms with Gasteiger partial charge in [0.05, 0.1) is 0 Å². The Kier molecular flexibility index (Phi) is 5.98. The van der Waals surface area contributed by atoms with Crippen molar-refractivity contribution in [3.8, 4) is 0 Å². The number of hydrogen-bond acceptors (Lipinski definition) is 3. The molecule has 3 N–H and O–H groups in total. The van der Waals surface area contributed by atoms with Crippen molar-refractivity contribution in [3.05, 3.63) is 0 Å². The predicted molar refractivity (Wildman–Crippen MR) is 68.2 cm³/mol. The van der Waals surface area contributed by atoms with Crippen molar-refractivity contribution in [1.29, 1.82) is 0 Å². The lowest BCUT2D eigenvalue weighted by Gasteiger charge is -2.31. The Balaban J connectivity index is 2.18. The quantitative estimate of drug-likeness (QED) is 0.693. The molecule has 1 rings (SSSR count). The Hall–Kier alpha value is -0.420. The Labute approximate surface area is 102 Å². The van der Waals surface area contributed by atoms with Gasteiger partial charge < -0.3 is 15.7 Å². The third-order valence-corrected chi connectivity index (χ3v) is 3.82. The lowest BCUT2D eigenvalue weighted by Crippen LogP contribution is -2.44. The van der Waals surface area contributed by atoms with Gasteiger partial charge in [0.25, 0.3) is 0 Å². The summed E-state index contributed by atoms with van der Waals surface area (Å²) in [5.41, 5.74) is 0. The Morgan fingerprint density at radius 3 is 2.44 bits per heavy atom. The standard InChI is InChI=1S/C11H22N2O2S/c1-8(7-16-2)12-9-3-5-10(6-4-9)13-11(14)15/h8-10,12-13H,3-7H2,1-2H3,(H,14,15)/t8-,9?,10?/m1/s1. The molecule has 1 fully saturated rings. The lowest BCUT2D eigenvalue weighted by atomic mass is 9.91. The fraction of sp³-hybridized carbons (Fsp3) is 0.909. The van der Waals surface area contributed by atoms with E-state index >= 15 is 0 Å². The van der Waals surface area contributed by atoms with Gasteiger partial charge in [-0.1, -0.05) is 0 Å². The topological polar surface area (TPSA) is 61.4 Å². The molecular weight excluding hydrogens is 224 g/mol. The number of amides is 1. The number of hydrogen-bond donors (Lipinski definition) is 3. The van der Waals surface area contributed by atoms with E-state index in [1.165, 1.54) is 0 Å². The van der Waals surface area contributed by atoms with Gasteiger partial charge in [-0.25, -0.2) is 4.79 Å². The van der Waals surface area contributed by atoms with Crippen molar-refractivity contribution < 1.29 is 9.90 Å². The molecule has 0 bridgehead atoms. The molecule has 0 unspecified atom stereocenters. The van der Waals surface area contributed by atoms with Crippen LogP contribution >= 0.6 is 11.8 Å². The minimum Gasteiger partial charge on any atom is -0.465 e. The van der Waals surface area contributed by atoms with Gasteiger partial charge in [-0.3, -0.25) is 0 Å². The van der Waals surface area contributed by atoms with Gasteiger partial charge in [0, 0.05) is 23.9 Å². The van der Waals surface area contributed by atoms with E-state index in [0.29, 0.717) is 12.1 Å². The minimum atomic E-state index is -0.896. The van der Waals surface area contributed by atoms with Crippen LogP contribution < -0.4 is 10.6 Å². The number of nitrogens with one attached hydrogen (secondary N) is 2. The molecule has 1 aliphatic rings. The van der Waals surface area contributed by atoms with Gasteiger partial charge in [0.1, 0.15) is 0 Å². The maximum Gasteiger partial charge on any atom is 0.404 e. The highest BCUT2D eigenvalue weighted by Gasteiger charge is 2.22. The first-order valence-corrected chi connectivity index (χ1v) is 7.25.